The van der Waals surface area contributed by atoms with Crippen molar-refractivity contribution in [3.8, 4) is 0 Å². The molecule has 1 atom stereocenters. The lowest BCUT2D eigenvalue weighted by atomic mass is 9.95. The molecule has 2 fully saturated rings. The van der Waals surface area contributed by atoms with Crippen molar-refractivity contribution in [3.63, 3.8) is 0 Å². The summed E-state index contributed by atoms with van der Waals surface area (Å²) < 4.78 is 22.5. The minimum absolute atomic E-state index is 0.0927. The van der Waals surface area contributed by atoms with Crippen LogP contribution in [-0.2, 0) is 14.7 Å². The van der Waals surface area contributed by atoms with E-state index in [4.69, 9.17) is 4.84 Å². The van der Waals surface area contributed by atoms with Gasteiger partial charge in [0.05, 0.1) is 19.0 Å². The Balaban J connectivity index is 2.18. The van der Waals surface area contributed by atoms with Gasteiger partial charge in [0.2, 0.25) is 0 Å². The highest BCUT2D eigenvalue weighted by molar-refractivity contribution is 7.93. The molecule has 1 spiro atoms. The van der Waals surface area contributed by atoms with Crippen LogP contribution in [0.2, 0.25) is 0 Å². The zero-order valence-corrected chi connectivity index (χ0v) is 8.25. The van der Waals surface area contributed by atoms with Crippen LogP contribution in [0.3, 0.4) is 0 Å². The summed E-state index contributed by atoms with van der Waals surface area (Å²) in [5.74, 6) is -0.0927. The fourth-order valence-electron chi connectivity index (χ4n) is 2.10. The number of aliphatic hydroxyl groups excluding tert-OH is 1. The molecule has 6 heteroatoms. The molecule has 13 heavy (non-hydrogen) atoms. The van der Waals surface area contributed by atoms with Crippen molar-refractivity contribution in [3.05, 3.63) is 0 Å². The van der Waals surface area contributed by atoms with Crippen LogP contribution in [0, 0.1) is 0 Å². The van der Waals surface area contributed by atoms with E-state index in [1.54, 1.807) is 5.06 Å². The molecule has 2 rings (SSSR count). The second kappa shape index (κ2) is 2.66. The van der Waals surface area contributed by atoms with Gasteiger partial charge < -0.3 is 9.94 Å². The molecule has 0 radical (unpaired) electrons. The first-order valence-corrected chi connectivity index (χ1v) is 5.84. The molecule has 0 aliphatic carbocycles. The van der Waals surface area contributed by atoms with Crippen molar-refractivity contribution in [2.75, 3.05) is 26.0 Å². The number of hydrogen-bond donors (Lipinski definition) is 1. The van der Waals surface area contributed by atoms with Crippen LogP contribution in [0.15, 0.2) is 0 Å². The number of aliphatic hydroxyl groups is 1. The van der Waals surface area contributed by atoms with Crippen molar-refractivity contribution >= 4 is 9.84 Å². The maximum atomic E-state index is 11.6. The molecular formula is C7H13NO4S. The van der Waals surface area contributed by atoms with Crippen molar-refractivity contribution in [1.29, 1.82) is 0 Å². The molecule has 0 aromatic carbocycles. The summed E-state index contributed by atoms with van der Waals surface area (Å²) in [7, 11) is -1.60. The third-order valence-electron chi connectivity index (χ3n) is 2.87. The fourth-order valence-corrected chi connectivity index (χ4v) is 4.20. The summed E-state index contributed by atoms with van der Waals surface area (Å²) in [6, 6.07) is 0. The fraction of sp³-hybridized carbons (Fsp3) is 1.00. The minimum atomic E-state index is -3.11. The van der Waals surface area contributed by atoms with Crippen LogP contribution < -0.4 is 0 Å². The quantitative estimate of drug-likeness (QED) is 0.584. The predicted octanol–water partition coefficient (Wildman–Crippen LogP) is -1.22. The van der Waals surface area contributed by atoms with E-state index in [0.29, 0.717) is 19.5 Å². The van der Waals surface area contributed by atoms with E-state index in [9.17, 15) is 13.5 Å². The van der Waals surface area contributed by atoms with Gasteiger partial charge in [0.15, 0.2) is 9.84 Å². The van der Waals surface area contributed by atoms with Gasteiger partial charge in [0.25, 0.3) is 0 Å². The standard InChI is InChI=1S/C7H13NO4S/c1-12-8-4-7(5-8)2-6(9)3-13(7,10)11/h6,9H,2-5H2,1H3. The Bertz CT molecular complexity index is 306. The molecule has 5 nitrogen and oxygen atoms in total. The number of hydrogen-bond acceptors (Lipinski definition) is 5. The Labute approximate surface area is 77.2 Å². The van der Waals surface area contributed by atoms with Gasteiger partial charge in [0.1, 0.15) is 4.75 Å². The first kappa shape index (κ1) is 9.39. The molecule has 0 saturated carbocycles. The summed E-state index contributed by atoms with van der Waals surface area (Å²) in [4.78, 5) is 4.89. The molecule has 0 amide bonds. The van der Waals surface area contributed by atoms with Crippen LogP contribution in [0.25, 0.3) is 0 Å². The highest BCUT2D eigenvalue weighted by Crippen LogP contribution is 2.40. The Kier molecular flexibility index (Phi) is 1.92. The highest BCUT2D eigenvalue weighted by Gasteiger charge is 2.59. The van der Waals surface area contributed by atoms with Gasteiger partial charge in [-0.15, -0.1) is 0 Å². The monoisotopic (exact) mass is 207 g/mol. The van der Waals surface area contributed by atoms with Gasteiger partial charge in [-0.05, 0) is 6.42 Å². The SMILES string of the molecule is CON1CC2(CC(O)CS2(=O)=O)C1. The molecular weight excluding hydrogens is 194 g/mol. The van der Waals surface area contributed by atoms with Crippen molar-refractivity contribution in [2.24, 2.45) is 0 Å². The molecule has 1 unspecified atom stereocenters. The first-order chi connectivity index (χ1) is 5.99. The van der Waals surface area contributed by atoms with E-state index in [1.807, 2.05) is 0 Å². The Morgan fingerprint density at radius 2 is 2.15 bits per heavy atom. The van der Waals surface area contributed by atoms with Gasteiger partial charge in [-0.2, -0.15) is 5.06 Å². The lowest BCUT2D eigenvalue weighted by Gasteiger charge is -2.44. The molecule has 76 valence electrons. The third-order valence-corrected chi connectivity index (χ3v) is 5.43. The second-order valence-corrected chi connectivity index (χ2v) is 6.23. The summed E-state index contributed by atoms with van der Waals surface area (Å²) >= 11 is 0. The Hall–Kier alpha value is -0.170. The molecule has 0 bridgehead atoms. The van der Waals surface area contributed by atoms with E-state index in [-0.39, 0.29) is 5.75 Å². The molecule has 2 aliphatic rings. The van der Waals surface area contributed by atoms with Crippen LogP contribution >= 0.6 is 0 Å². The zero-order chi connectivity index (χ0) is 9.69. The molecule has 0 aromatic heterocycles. The second-order valence-electron chi connectivity index (χ2n) is 3.80. The molecule has 1 N–H and O–H groups in total. The molecule has 0 aromatic rings. The molecule has 2 aliphatic heterocycles. The summed E-state index contributed by atoms with van der Waals surface area (Å²) in [5.41, 5.74) is 0. The Morgan fingerprint density at radius 1 is 1.54 bits per heavy atom. The molecule has 2 saturated heterocycles. The van der Waals surface area contributed by atoms with E-state index in [0.717, 1.165) is 0 Å². The van der Waals surface area contributed by atoms with E-state index >= 15 is 0 Å². The van der Waals surface area contributed by atoms with Crippen molar-refractivity contribution in [2.45, 2.75) is 17.3 Å². The van der Waals surface area contributed by atoms with Gasteiger partial charge >= 0.3 is 0 Å². The largest absolute Gasteiger partial charge is 0.392 e. The predicted molar refractivity (Wildman–Crippen MR) is 45.7 cm³/mol. The van der Waals surface area contributed by atoms with Crippen LogP contribution in [-0.4, -0.2) is 55.4 Å². The minimum Gasteiger partial charge on any atom is -0.392 e. The number of sulfone groups is 1. The van der Waals surface area contributed by atoms with Crippen LogP contribution in [0.5, 0.6) is 0 Å². The zero-order valence-electron chi connectivity index (χ0n) is 7.43. The smallest absolute Gasteiger partial charge is 0.161 e. The Morgan fingerprint density at radius 3 is 2.54 bits per heavy atom. The summed E-state index contributed by atoms with van der Waals surface area (Å²) in [5, 5.41) is 10.9. The normalized spacial score (nSPS) is 36.3. The van der Waals surface area contributed by atoms with Crippen LogP contribution in [0.1, 0.15) is 6.42 Å². The number of rotatable bonds is 1. The van der Waals surface area contributed by atoms with E-state index in [1.165, 1.54) is 7.11 Å². The topological polar surface area (TPSA) is 66.8 Å². The summed E-state index contributed by atoms with van der Waals surface area (Å²) in [6.45, 7) is 0.784. The van der Waals surface area contributed by atoms with Crippen molar-refractivity contribution < 1.29 is 18.4 Å². The van der Waals surface area contributed by atoms with Gasteiger partial charge in [-0.3, -0.25) is 0 Å². The maximum Gasteiger partial charge on any atom is 0.161 e. The van der Waals surface area contributed by atoms with E-state index < -0.39 is 20.7 Å². The number of nitrogens with zero attached hydrogens (tertiary/aromatic N) is 1. The number of hydroxylamine groups is 2. The van der Waals surface area contributed by atoms with Crippen molar-refractivity contribution in [1.82, 2.24) is 5.06 Å². The average Bonchev–Trinajstić information content (AvgIpc) is 2.16. The van der Waals surface area contributed by atoms with Gasteiger partial charge in [0, 0.05) is 13.1 Å². The van der Waals surface area contributed by atoms with Crippen LogP contribution in [0.4, 0.5) is 0 Å². The van der Waals surface area contributed by atoms with Gasteiger partial charge in [-0.25, -0.2) is 8.42 Å². The third kappa shape index (κ3) is 1.20. The summed E-state index contributed by atoms with van der Waals surface area (Å²) in [6.07, 6.45) is -0.334. The first-order valence-electron chi connectivity index (χ1n) is 4.18. The highest BCUT2D eigenvalue weighted by atomic mass is 32.2. The molecule has 2 heterocycles. The maximum absolute atomic E-state index is 11.6. The lowest BCUT2D eigenvalue weighted by Crippen LogP contribution is -2.63. The van der Waals surface area contributed by atoms with Gasteiger partial charge in [-0.1, -0.05) is 0 Å². The average molecular weight is 207 g/mol. The van der Waals surface area contributed by atoms with E-state index in [2.05, 4.69) is 0 Å². The lowest BCUT2D eigenvalue weighted by molar-refractivity contribution is -0.190.